The van der Waals surface area contributed by atoms with Gasteiger partial charge in [0, 0.05) is 68.7 Å². The minimum Gasteiger partial charge on any atom is -0.461 e. The third-order valence-corrected chi connectivity index (χ3v) is 17.0. The molecule has 0 saturated carbocycles. The van der Waals surface area contributed by atoms with E-state index < -0.39 is 0 Å². The van der Waals surface area contributed by atoms with Crippen LogP contribution in [0, 0.1) is 29.6 Å². The van der Waals surface area contributed by atoms with Crippen molar-refractivity contribution in [1.29, 1.82) is 0 Å². The number of hydrogen-bond donors (Lipinski definition) is 1. The molecule has 9 aliphatic rings. The minimum atomic E-state index is -0.00883. The van der Waals surface area contributed by atoms with E-state index >= 15 is 0 Å². The smallest absolute Gasteiger partial charge is 0.144 e. The predicted molar refractivity (Wildman–Crippen MR) is 227 cm³/mol. The molecule has 1 aromatic carbocycles. The van der Waals surface area contributed by atoms with Gasteiger partial charge >= 0.3 is 0 Å². The lowest BCUT2D eigenvalue weighted by atomic mass is 9.70. The Labute approximate surface area is 331 Å². The van der Waals surface area contributed by atoms with Gasteiger partial charge in [0.15, 0.2) is 0 Å². The summed E-state index contributed by atoms with van der Waals surface area (Å²) in [7, 11) is 0. The molecule has 1 fully saturated rings. The number of aryl methyl sites for hydroxylation is 1. The fraction of sp³-hybridized carbons (Fsp3) is 0.500. The molecule has 12 rings (SSSR count). The van der Waals surface area contributed by atoms with Crippen molar-refractivity contribution < 1.29 is 4.42 Å². The number of thioether (sulfide) groups is 1. The molecule has 0 radical (unpaired) electrons. The average molecular weight is 746 g/mol. The third kappa shape index (κ3) is 5.48. The van der Waals surface area contributed by atoms with Crippen molar-refractivity contribution in [2.45, 2.75) is 126 Å². The lowest BCUT2D eigenvalue weighted by molar-refractivity contribution is 0.348. The molecule has 55 heavy (non-hydrogen) atoms. The summed E-state index contributed by atoms with van der Waals surface area (Å²) >= 11 is 2.28. The Morgan fingerprint density at radius 3 is 2.64 bits per heavy atom. The number of rotatable bonds is 4. The van der Waals surface area contributed by atoms with Crippen LogP contribution in [0.2, 0.25) is 0 Å². The molecule has 0 bridgehead atoms. The van der Waals surface area contributed by atoms with Crippen molar-refractivity contribution >= 4 is 29.6 Å². The summed E-state index contributed by atoms with van der Waals surface area (Å²) in [6.45, 7) is 0. The lowest BCUT2D eigenvalue weighted by Crippen LogP contribution is -2.43. The van der Waals surface area contributed by atoms with Crippen LogP contribution in [0.15, 0.2) is 81.4 Å². The summed E-state index contributed by atoms with van der Waals surface area (Å²) in [5.41, 5.74) is 16.6. The van der Waals surface area contributed by atoms with Gasteiger partial charge in [0.1, 0.15) is 17.7 Å². The van der Waals surface area contributed by atoms with Crippen molar-refractivity contribution in [3.8, 4) is 5.69 Å². The van der Waals surface area contributed by atoms with E-state index in [1.54, 1.807) is 33.7 Å². The highest BCUT2D eigenvalue weighted by molar-refractivity contribution is 8.01. The van der Waals surface area contributed by atoms with E-state index in [1.807, 2.05) is 0 Å². The van der Waals surface area contributed by atoms with Gasteiger partial charge in [-0.25, -0.2) is 0 Å². The van der Waals surface area contributed by atoms with E-state index in [2.05, 4.69) is 94.5 Å². The van der Waals surface area contributed by atoms with Crippen LogP contribution in [0.1, 0.15) is 128 Å². The molecule has 8 unspecified atom stereocenters. The Balaban J connectivity index is 0.854. The minimum absolute atomic E-state index is 0.00883. The summed E-state index contributed by atoms with van der Waals surface area (Å²) in [4.78, 5) is 5.73. The van der Waals surface area contributed by atoms with Gasteiger partial charge in [-0.3, -0.25) is 4.99 Å². The topological polar surface area (TPSA) is 42.5 Å². The molecule has 2 aliphatic heterocycles. The summed E-state index contributed by atoms with van der Waals surface area (Å²) < 4.78 is 9.04. The van der Waals surface area contributed by atoms with Gasteiger partial charge in [-0.1, -0.05) is 60.2 Å². The lowest BCUT2D eigenvalue weighted by Gasteiger charge is -2.41. The maximum atomic E-state index is 6.35. The monoisotopic (exact) mass is 745 g/mol. The largest absolute Gasteiger partial charge is 0.461 e. The number of nitrogens with zero attached hydrogens (tertiary/aromatic N) is 2. The number of furan rings is 1. The standard InChI is InChI=1S/C50H55N3OS/c1-5-16-42-38(13-1)48(39-15-9-14-37-36-12-4-8-19-47(36)55-49(37)39)52-50(51-42)30-20-24-33(25-21-30)53-43-17-6-2-10-34(43)40-28-31(22-26-44(40)53)32-23-27-46-41(29-32)35-11-3-7-18-45(35)54-46/h8-9,14,16,19-21,23-25,27-28,32,36-39,47,49-51H,1-7,10-13,15,17-18,22,26,29H2. The molecule has 7 aliphatic carbocycles. The average Bonchev–Trinajstić information content (AvgIpc) is 3.92. The van der Waals surface area contributed by atoms with Crippen LogP contribution < -0.4 is 5.32 Å². The van der Waals surface area contributed by atoms with Gasteiger partial charge < -0.3 is 14.3 Å². The third-order valence-electron chi connectivity index (χ3n) is 15.3. The zero-order valence-electron chi connectivity index (χ0n) is 32.3. The first-order valence-corrected chi connectivity index (χ1v) is 23.1. The van der Waals surface area contributed by atoms with Crippen LogP contribution in [-0.4, -0.2) is 20.8 Å². The SMILES string of the molecule is C1=CC2SC3C(C4=NC(c5ccc(-n6c7c(c8c6CCCC8)C=C(C6C=Cc8oc9c(c8C6)CCCC9)CC7)cc5)NC5=CCCCC54)CC=CC3C2CC1. The fourth-order valence-electron chi connectivity index (χ4n) is 12.6. The second-order valence-electron chi connectivity index (χ2n) is 18.2. The molecule has 0 spiro atoms. The summed E-state index contributed by atoms with van der Waals surface area (Å²) in [6, 6.07) is 9.62. The molecular weight excluding hydrogens is 691 g/mol. The Kier molecular flexibility index (Phi) is 8.18. The fourth-order valence-corrected chi connectivity index (χ4v) is 14.6. The van der Waals surface area contributed by atoms with Gasteiger partial charge in [-0.15, -0.1) is 11.8 Å². The highest BCUT2D eigenvalue weighted by Crippen LogP contribution is 2.55. The van der Waals surface area contributed by atoms with Gasteiger partial charge in [-0.05, 0) is 155 Å². The number of aliphatic imine (C=N–C) groups is 1. The molecule has 2 aromatic heterocycles. The van der Waals surface area contributed by atoms with Crippen LogP contribution >= 0.6 is 11.8 Å². The van der Waals surface area contributed by atoms with E-state index in [9.17, 15) is 0 Å². The Morgan fingerprint density at radius 1 is 0.800 bits per heavy atom. The van der Waals surface area contributed by atoms with Crippen LogP contribution in [-0.2, 0) is 38.5 Å². The molecule has 5 heteroatoms. The second-order valence-corrected chi connectivity index (χ2v) is 19.5. The number of benzene rings is 1. The quantitative estimate of drug-likeness (QED) is 0.270. The number of hydrogen-bond acceptors (Lipinski definition) is 4. The van der Waals surface area contributed by atoms with Crippen LogP contribution in [0.25, 0.3) is 17.8 Å². The molecule has 4 heterocycles. The molecule has 3 aromatic rings. The maximum Gasteiger partial charge on any atom is 0.144 e. The molecule has 8 atom stereocenters. The Bertz CT molecular complexity index is 2220. The van der Waals surface area contributed by atoms with Crippen molar-refractivity contribution in [3.63, 3.8) is 0 Å². The van der Waals surface area contributed by atoms with E-state index in [-0.39, 0.29) is 6.17 Å². The first kappa shape index (κ1) is 33.4. The zero-order chi connectivity index (χ0) is 36.0. The summed E-state index contributed by atoms with van der Waals surface area (Å²) in [5, 5.41) is 5.32. The summed E-state index contributed by atoms with van der Waals surface area (Å²) in [6.07, 6.45) is 40.7. The van der Waals surface area contributed by atoms with Gasteiger partial charge in [0.25, 0.3) is 0 Å². The van der Waals surface area contributed by atoms with E-state index in [0.29, 0.717) is 34.2 Å². The van der Waals surface area contributed by atoms with Gasteiger partial charge in [0.2, 0.25) is 0 Å². The molecule has 282 valence electrons. The predicted octanol–water partition coefficient (Wildman–Crippen LogP) is 11.4. The number of nitrogens with one attached hydrogen (secondary N) is 1. The van der Waals surface area contributed by atoms with Crippen LogP contribution in [0.4, 0.5) is 0 Å². The van der Waals surface area contributed by atoms with Crippen molar-refractivity contribution in [1.82, 2.24) is 9.88 Å². The van der Waals surface area contributed by atoms with Gasteiger partial charge in [0.05, 0.1) is 0 Å². The Hall–Kier alpha value is -3.70. The Morgan fingerprint density at radius 2 is 1.69 bits per heavy atom. The number of allylic oxidation sites excluding steroid dienone is 7. The first-order valence-electron chi connectivity index (χ1n) is 22.2. The highest BCUT2D eigenvalue weighted by atomic mass is 32.2. The molecule has 1 saturated heterocycles. The zero-order valence-corrected chi connectivity index (χ0v) is 33.1. The molecular formula is C50H55N3OS. The second kappa shape index (κ2) is 13.5. The van der Waals surface area contributed by atoms with Crippen molar-refractivity contribution in [2.24, 2.45) is 34.6 Å². The van der Waals surface area contributed by atoms with E-state index in [0.717, 1.165) is 43.8 Å². The normalized spacial score (nSPS) is 32.8. The summed E-state index contributed by atoms with van der Waals surface area (Å²) in [5.74, 6) is 5.42. The molecule has 1 N–H and O–H groups in total. The van der Waals surface area contributed by atoms with Crippen molar-refractivity contribution in [2.75, 3.05) is 0 Å². The van der Waals surface area contributed by atoms with Crippen LogP contribution in [0.5, 0.6) is 0 Å². The number of aromatic nitrogens is 1. The van der Waals surface area contributed by atoms with Crippen molar-refractivity contribution in [3.05, 3.63) is 123 Å². The van der Waals surface area contributed by atoms with E-state index in [1.165, 1.54) is 111 Å². The van der Waals surface area contributed by atoms with Gasteiger partial charge in [-0.2, -0.15) is 0 Å². The van der Waals surface area contributed by atoms with E-state index in [4.69, 9.17) is 9.41 Å². The molecule has 0 amide bonds. The van der Waals surface area contributed by atoms with Crippen LogP contribution in [0.3, 0.4) is 0 Å². The number of fused-ring (bicyclic) bond motifs is 10. The molecule has 4 nitrogen and oxygen atoms in total. The highest BCUT2D eigenvalue weighted by Gasteiger charge is 2.49. The maximum absolute atomic E-state index is 6.35. The first-order chi connectivity index (χ1) is 27.2.